The average molecular weight is 438 g/mol. The van der Waals surface area contributed by atoms with Gasteiger partial charge < -0.3 is 16.0 Å². The lowest BCUT2D eigenvalue weighted by atomic mass is 10.1. The molecule has 31 heavy (non-hydrogen) atoms. The molecule has 3 amide bonds. The molecule has 2 aromatic carbocycles. The molecule has 1 saturated heterocycles. The molecular weight excluding hydrogens is 414 g/mol. The zero-order valence-corrected chi connectivity index (χ0v) is 18.2. The lowest BCUT2D eigenvalue weighted by Crippen LogP contribution is -2.28. The number of hydrogen-bond donors (Lipinski definition) is 3. The summed E-state index contributed by atoms with van der Waals surface area (Å²) in [5, 5.41) is 16.3. The number of hydrogen-bond acceptors (Lipinski definition) is 6. The van der Waals surface area contributed by atoms with Gasteiger partial charge in [0.05, 0.1) is 5.71 Å². The summed E-state index contributed by atoms with van der Waals surface area (Å²) in [5.74, 6) is -0.670. The maximum atomic E-state index is 12.3. The molecule has 0 radical (unpaired) electrons. The van der Waals surface area contributed by atoms with E-state index in [9.17, 15) is 14.4 Å². The number of para-hydroxylation sites is 1. The standard InChI is InChI=1S/C22H23N5O3S/c1-13-7-4-5-10-18(13)24-20(29)12-19-21(30)25-22(31-19)27-26-14(2)16-8-6-9-17(11-16)23-15(3)28/h4-11,19H,12H2,1-3H3,(H,23,28)(H,24,29)(H,25,27,30)/b26-14-/t19-/m1/s1. The van der Waals surface area contributed by atoms with Gasteiger partial charge in [0.15, 0.2) is 5.17 Å². The van der Waals surface area contributed by atoms with Gasteiger partial charge >= 0.3 is 0 Å². The minimum Gasteiger partial charge on any atom is -0.326 e. The number of amides is 3. The van der Waals surface area contributed by atoms with Crippen LogP contribution in [0.4, 0.5) is 11.4 Å². The number of carbonyl (C=O) groups excluding carboxylic acids is 3. The van der Waals surface area contributed by atoms with Gasteiger partial charge in [-0.1, -0.05) is 42.1 Å². The van der Waals surface area contributed by atoms with Gasteiger partial charge in [0, 0.05) is 24.7 Å². The van der Waals surface area contributed by atoms with Gasteiger partial charge in [-0.3, -0.25) is 14.4 Å². The van der Waals surface area contributed by atoms with Gasteiger partial charge in [-0.25, -0.2) is 0 Å². The molecule has 0 unspecified atom stereocenters. The van der Waals surface area contributed by atoms with E-state index >= 15 is 0 Å². The number of benzene rings is 2. The first kappa shape index (κ1) is 22.2. The monoisotopic (exact) mass is 437 g/mol. The molecule has 1 aliphatic heterocycles. The zero-order valence-electron chi connectivity index (χ0n) is 17.4. The van der Waals surface area contributed by atoms with E-state index in [0.29, 0.717) is 16.6 Å². The van der Waals surface area contributed by atoms with Crippen LogP contribution in [0.25, 0.3) is 0 Å². The van der Waals surface area contributed by atoms with Gasteiger partial charge in [0.25, 0.3) is 0 Å². The molecule has 0 saturated carbocycles. The highest BCUT2D eigenvalue weighted by Gasteiger charge is 2.32. The molecule has 0 aliphatic carbocycles. The molecule has 1 fully saturated rings. The van der Waals surface area contributed by atoms with E-state index < -0.39 is 5.25 Å². The van der Waals surface area contributed by atoms with E-state index in [1.165, 1.54) is 18.7 Å². The number of carbonyl (C=O) groups is 3. The summed E-state index contributed by atoms with van der Waals surface area (Å²) in [5.41, 5.74) is 3.75. The molecule has 2 aromatic rings. The summed E-state index contributed by atoms with van der Waals surface area (Å²) < 4.78 is 0. The first-order valence-electron chi connectivity index (χ1n) is 9.65. The van der Waals surface area contributed by atoms with Crippen LogP contribution < -0.4 is 16.0 Å². The highest BCUT2D eigenvalue weighted by atomic mass is 32.2. The number of anilines is 2. The molecule has 1 heterocycles. The summed E-state index contributed by atoms with van der Waals surface area (Å²) in [6.45, 7) is 5.13. The second kappa shape index (κ2) is 10.0. The van der Waals surface area contributed by atoms with E-state index in [1.54, 1.807) is 19.1 Å². The van der Waals surface area contributed by atoms with Crippen molar-refractivity contribution in [2.24, 2.45) is 10.2 Å². The summed E-state index contributed by atoms with van der Waals surface area (Å²) in [4.78, 5) is 35.8. The minimum absolute atomic E-state index is 0.0330. The van der Waals surface area contributed by atoms with Crippen LogP contribution in [0.1, 0.15) is 31.4 Å². The van der Waals surface area contributed by atoms with E-state index in [0.717, 1.165) is 16.8 Å². The SMILES string of the molecule is CC(=O)Nc1cccc(/C(C)=N\N=C2/NC(=O)[C@@H](CC(=O)Nc3ccccc3C)S2)c1. The van der Waals surface area contributed by atoms with E-state index in [2.05, 4.69) is 26.2 Å². The highest BCUT2D eigenvalue weighted by Crippen LogP contribution is 2.24. The van der Waals surface area contributed by atoms with Crippen molar-refractivity contribution in [1.82, 2.24) is 5.32 Å². The van der Waals surface area contributed by atoms with Crippen molar-refractivity contribution in [1.29, 1.82) is 0 Å². The number of thioether (sulfide) groups is 1. The fourth-order valence-electron chi connectivity index (χ4n) is 2.87. The summed E-state index contributed by atoms with van der Waals surface area (Å²) in [6, 6.07) is 14.7. The number of nitrogens with zero attached hydrogens (tertiary/aromatic N) is 2. The van der Waals surface area contributed by atoms with Crippen LogP contribution in [0.3, 0.4) is 0 Å². The molecule has 1 atom stereocenters. The van der Waals surface area contributed by atoms with Gasteiger partial charge in [-0.05, 0) is 43.2 Å². The summed E-state index contributed by atoms with van der Waals surface area (Å²) >= 11 is 1.18. The van der Waals surface area contributed by atoms with Crippen LogP contribution in [0.2, 0.25) is 0 Å². The predicted molar refractivity (Wildman–Crippen MR) is 124 cm³/mol. The van der Waals surface area contributed by atoms with Crippen molar-refractivity contribution in [3.05, 3.63) is 59.7 Å². The molecule has 8 nitrogen and oxygen atoms in total. The molecule has 3 rings (SSSR count). The highest BCUT2D eigenvalue weighted by molar-refractivity contribution is 8.15. The third kappa shape index (κ3) is 6.26. The van der Waals surface area contributed by atoms with Gasteiger partial charge in [0.2, 0.25) is 17.7 Å². The Morgan fingerprint density at radius 2 is 1.87 bits per heavy atom. The Balaban J connectivity index is 1.62. The summed E-state index contributed by atoms with van der Waals surface area (Å²) in [6.07, 6.45) is 0.0330. The molecule has 3 N–H and O–H groups in total. The normalized spacial score (nSPS) is 17.4. The maximum Gasteiger partial charge on any atom is 0.240 e. The lowest BCUT2D eigenvalue weighted by Gasteiger charge is -2.09. The zero-order chi connectivity index (χ0) is 22.4. The topological polar surface area (TPSA) is 112 Å². The van der Waals surface area contributed by atoms with Crippen LogP contribution in [0.5, 0.6) is 0 Å². The van der Waals surface area contributed by atoms with E-state index in [-0.39, 0.29) is 24.1 Å². The quantitative estimate of drug-likeness (QED) is 0.475. The van der Waals surface area contributed by atoms with E-state index in [1.807, 2.05) is 43.3 Å². The average Bonchev–Trinajstić information content (AvgIpc) is 3.06. The third-order valence-electron chi connectivity index (χ3n) is 4.46. The second-order valence-corrected chi connectivity index (χ2v) is 8.21. The van der Waals surface area contributed by atoms with Crippen LogP contribution in [-0.2, 0) is 14.4 Å². The Morgan fingerprint density at radius 1 is 1.10 bits per heavy atom. The van der Waals surface area contributed by atoms with Crippen molar-refractivity contribution in [3.8, 4) is 0 Å². The molecule has 0 bridgehead atoms. The molecule has 1 aliphatic rings. The fourth-order valence-corrected chi connectivity index (χ4v) is 3.79. The fraction of sp³-hybridized carbons (Fsp3) is 0.227. The Kier molecular flexibility index (Phi) is 7.19. The Labute approximate surface area is 184 Å². The van der Waals surface area contributed by atoms with Crippen molar-refractivity contribution >= 4 is 51.7 Å². The van der Waals surface area contributed by atoms with Crippen LogP contribution in [0.15, 0.2) is 58.7 Å². The number of rotatable bonds is 6. The van der Waals surface area contributed by atoms with Crippen molar-refractivity contribution in [2.75, 3.05) is 10.6 Å². The lowest BCUT2D eigenvalue weighted by molar-refractivity contribution is -0.122. The van der Waals surface area contributed by atoms with Crippen molar-refractivity contribution in [2.45, 2.75) is 32.4 Å². The Bertz CT molecular complexity index is 1080. The second-order valence-electron chi connectivity index (χ2n) is 7.02. The smallest absolute Gasteiger partial charge is 0.240 e. The third-order valence-corrected chi connectivity index (χ3v) is 5.53. The largest absolute Gasteiger partial charge is 0.326 e. The molecule has 160 valence electrons. The molecule has 0 spiro atoms. The van der Waals surface area contributed by atoms with Crippen molar-refractivity contribution < 1.29 is 14.4 Å². The number of nitrogens with one attached hydrogen (secondary N) is 3. The Morgan fingerprint density at radius 3 is 2.61 bits per heavy atom. The van der Waals surface area contributed by atoms with E-state index in [4.69, 9.17) is 0 Å². The van der Waals surface area contributed by atoms with Gasteiger partial charge in [-0.2, -0.15) is 5.10 Å². The molecular formula is C22H23N5O3S. The molecule has 0 aromatic heterocycles. The van der Waals surface area contributed by atoms with Crippen LogP contribution >= 0.6 is 11.8 Å². The maximum absolute atomic E-state index is 12.3. The predicted octanol–water partition coefficient (Wildman–Crippen LogP) is 3.29. The van der Waals surface area contributed by atoms with Gasteiger partial charge in [0.1, 0.15) is 5.25 Å². The molecule has 9 heteroatoms. The minimum atomic E-state index is -0.568. The Hall–Kier alpha value is -3.46. The first-order valence-corrected chi connectivity index (χ1v) is 10.5. The first-order chi connectivity index (χ1) is 14.8. The van der Waals surface area contributed by atoms with Crippen LogP contribution in [-0.4, -0.2) is 33.9 Å². The summed E-state index contributed by atoms with van der Waals surface area (Å²) in [7, 11) is 0. The van der Waals surface area contributed by atoms with Crippen molar-refractivity contribution in [3.63, 3.8) is 0 Å². The van der Waals surface area contributed by atoms with Gasteiger partial charge in [-0.15, -0.1) is 5.10 Å². The van der Waals surface area contributed by atoms with Crippen LogP contribution in [0, 0.1) is 6.92 Å². The number of amidine groups is 1. The number of aryl methyl sites for hydroxylation is 1.